The Morgan fingerprint density at radius 1 is 0.783 bits per heavy atom. The molecular formula is C19H34O4. The van der Waals surface area contributed by atoms with E-state index in [9.17, 15) is 0 Å². The van der Waals surface area contributed by atoms with Crippen molar-refractivity contribution in [2.45, 2.75) is 71.4 Å². The zero-order valence-corrected chi connectivity index (χ0v) is 14.9. The van der Waals surface area contributed by atoms with Gasteiger partial charge in [-0.25, -0.2) is 0 Å². The van der Waals surface area contributed by atoms with Crippen LogP contribution in [0.5, 0.6) is 0 Å². The van der Waals surface area contributed by atoms with Crippen LogP contribution in [0.1, 0.15) is 58.8 Å². The summed E-state index contributed by atoms with van der Waals surface area (Å²) in [5.74, 6) is 0.888. The van der Waals surface area contributed by atoms with Crippen LogP contribution in [0.4, 0.5) is 0 Å². The Morgan fingerprint density at radius 3 is 2.09 bits per heavy atom. The summed E-state index contributed by atoms with van der Waals surface area (Å²) in [6.45, 7) is 7.54. The van der Waals surface area contributed by atoms with Crippen LogP contribution in [0.2, 0.25) is 0 Å². The van der Waals surface area contributed by atoms with E-state index >= 15 is 0 Å². The van der Waals surface area contributed by atoms with E-state index in [0.29, 0.717) is 11.8 Å². The van der Waals surface area contributed by atoms with Gasteiger partial charge in [-0.2, -0.15) is 0 Å². The number of unbranched alkanes of at least 4 members (excludes halogenated alkanes) is 2. The van der Waals surface area contributed by atoms with E-state index < -0.39 is 0 Å². The van der Waals surface area contributed by atoms with Crippen LogP contribution in [0.25, 0.3) is 0 Å². The third-order valence-corrected chi connectivity index (χ3v) is 4.53. The van der Waals surface area contributed by atoms with Gasteiger partial charge < -0.3 is 18.9 Å². The van der Waals surface area contributed by atoms with E-state index in [1.54, 1.807) is 0 Å². The maximum absolute atomic E-state index is 5.83. The summed E-state index contributed by atoms with van der Waals surface area (Å²) in [6, 6.07) is 0. The van der Waals surface area contributed by atoms with Gasteiger partial charge >= 0.3 is 0 Å². The molecule has 0 amide bonds. The Labute approximate surface area is 141 Å². The highest BCUT2D eigenvalue weighted by molar-refractivity contribution is 4.88. The highest BCUT2D eigenvalue weighted by Crippen LogP contribution is 2.23. The number of hydrogen-bond donors (Lipinski definition) is 0. The van der Waals surface area contributed by atoms with Crippen molar-refractivity contribution in [1.29, 1.82) is 0 Å². The molecule has 2 fully saturated rings. The van der Waals surface area contributed by atoms with Crippen molar-refractivity contribution in [2.75, 3.05) is 26.4 Å². The molecule has 4 nitrogen and oxygen atoms in total. The molecule has 0 unspecified atom stereocenters. The van der Waals surface area contributed by atoms with Crippen molar-refractivity contribution < 1.29 is 18.9 Å². The largest absolute Gasteiger partial charge is 0.352 e. The molecule has 134 valence electrons. The molecule has 2 saturated heterocycles. The lowest BCUT2D eigenvalue weighted by atomic mass is 10.0. The van der Waals surface area contributed by atoms with Crippen molar-refractivity contribution in [3.05, 3.63) is 12.2 Å². The summed E-state index contributed by atoms with van der Waals surface area (Å²) in [4.78, 5) is 0. The average molecular weight is 326 g/mol. The zero-order chi connectivity index (χ0) is 16.3. The third-order valence-electron chi connectivity index (χ3n) is 4.53. The maximum atomic E-state index is 5.83. The fourth-order valence-electron chi connectivity index (χ4n) is 3.01. The predicted molar refractivity (Wildman–Crippen MR) is 91.2 cm³/mol. The highest BCUT2D eigenvalue weighted by Gasteiger charge is 2.25. The van der Waals surface area contributed by atoms with E-state index in [1.807, 2.05) is 0 Å². The van der Waals surface area contributed by atoms with Gasteiger partial charge in [0, 0.05) is 11.8 Å². The lowest BCUT2D eigenvalue weighted by molar-refractivity contribution is -0.216. The Morgan fingerprint density at radius 2 is 1.43 bits per heavy atom. The predicted octanol–water partition coefficient (Wildman–Crippen LogP) is 4.29. The minimum Gasteiger partial charge on any atom is -0.352 e. The molecule has 0 atom stereocenters. The summed E-state index contributed by atoms with van der Waals surface area (Å²) in [6.07, 6.45) is 12.1. The minimum atomic E-state index is -0.0523. The molecule has 2 heterocycles. The lowest BCUT2D eigenvalue weighted by Gasteiger charge is -2.32. The van der Waals surface area contributed by atoms with Gasteiger partial charge in [0.2, 0.25) is 0 Å². The highest BCUT2D eigenvalue weighted by atomic mass is 16.7. The standard InChI is InChI=1S/C19H34O4/c1-3-5-7-9-18-20-14-17(15-21-18)10-11-19-22-12-16(13-23-19)8-6-4-2/h6,8,16-19H,3-5,7,9-15H2,1-2H3/b8-6+/t16?,17-,18-,19?. The number of allylic oxidation sites excluding steroid dienone is 1. The second kappa shape index (κ2) is 11.2. The first-order valence-electron chi connectivity index (χ1n) is 9.44. The van der Waals surface area contributed by atoms with Gasteiger partial charge in [-0.1, -0.05) is 38.8 Å². The lowest BCUT2D eigenvalue weighted by Crippen LogP contribution is -2.34. The van der Waals surface area contributed by atoms with E-state index in [0.717, 1.165) is 52.1 Å². The van der Waals surface area contributed by atoms with Crippen LogP contribution in [0.3, 0.4) is 0 Å². The quantitative estimate of drug-likeness (QED) is 0.468. The topological polar surface area (TPSA) is 36.9 Å². The van der Waals surface area contributed by atoms with E-state index in [4.69, 9.17) is 18.9 Å². The van der Waals surface area contributed by atoms with Gasteiger partial charge in [-0.3, -0.25) is 0 Å². The monoisotopic (exact) mass is 326 g/mol. The first-order valence-corrected chi connectivity index (χ1v) is 9.44. The summed E-state index contributed by atoms with van der Waals surface area (Å²) < 4.78 is 23.3. The molecule has 2 aliphatic rings. The van der Waals surface area contributed by atoms with Crippen molar-refractivity contribution >= 4 is 0 Å². The molecule has 0 spiro atoms. The number of hydrogen-bond acceptors (Lipinski definition) is 4. The fraction of sp³-hybridized carbons (Fsp3) is 0.895. The Bertz CT molecular complexity index is 315. The van der Waals surface area contributed by atoms with E-state index in [2.05, 4.69) is 26.0 Å². The first kappa shape index (κ1) is 18.9. The molecule has 0 aromatic carbocycles. The molecule has 0 aliphatic carbocycles. The molecule has 0 radical (unpaired) electrons. The van der Waals surface area contributed by atoms with E-state index in [-0.39, 0.29) is 12.6 Å². The molecule has 0 bridgehead atoms. The number of rotatable bonds is 9. The second-order valence-corrected chi connectivity index (χ2v) is 6.73. The number of ether oxygens (including phenoxy) is 4. The normalized spacial score (nSPS) is 32.4. The molecular weight excluding hydrogens is 292 g/mol. The van der Waals surface area contributed by atoms with Crippen LogP contribution in [0.15, 0.2) is 12.2 Å². The Kier molecular flexibility index (Phi) is 9.20. The van der Waals surface area contributed by atoms with Crippen molar-refractivity contribution in [2.24, 2.45) is 11.8 Å². The molecule has 0 saturated carbocycles. The van der Waals surface area contributed by atoms with Gasteiger partial charge in [0.25, 0.3) is 0 Å². The van der Waals surface area contributed by atoms with Gasteiger partial charge in [0.1, 0.15) is 0 Å². The van der Waals surface area contributed by atoms with Crippen LogP contribution in [0, 0.1) is 11.8 Å². The molecule has 2 rings (SSSR count). The Balaban J connectivity index is 1.53. The van der Waals surface area contributed by atoms with Crippen LogP contribution in [-0.4, -0.2) is 39.0 Å². The maximum Gasteiger partial charge on any atom is 0.157 e. The summed E-state index contributed by atoms with van der Waals surface area (Å²) in [5.41, 5.74) is 0. The smallest absolute Gasteiger partial charge is 0.157 e. The third kappa shape index (κ3) is 7.34. The fourth-order valence-corrected chi connectivity index (χ4v) is 3.01. The molecule has 2 aliphatic heterocycles. The molecule has 23 heavy (non-hydrogen) atoms. The van der Waals surface area contributed by atoms with E-state index in [1.165, 1.54) is 19.3 Å². The molecule has 0 aromatic rings. The molecule has 4 heteroatoms. The summed E-state index contributed by atoms with van der Waals surface area (Å²) in [7, 11) is 0. The van der Waals surface area contributed by atoms with Gasteiger partial charge in [-0.15, -0.1) is 0 Å². The van der Waals surface area contributed by atoms with Crippen molar-refractivity contribution in [3.63, 3.8) is 0 Å². The second-order valence-electron chi connectivity index (χ2n) is 6.73. The van der Waals surface area contributed by atoms with Crippen LogP contribution in [-0.2, 0) is 18.9 Å². The average Bonchev–Trinajstić information content (AvgIpc) is 2.60. The van der Waals surface area contributed by atoms with Crippen molar-refractivity contribution in [3.8, 4) is 0 Å². The first-order chi connectivity index (χ1) is 11.3. The SMILES string of the molecule is CC/C=C/C1COC(CC[C@H]2CO[C@H](CCCCC)OC2)OC1. The summed E-state index contributed by atoms with van der Waals surface area (Å²) in [5, 5.41) is 0. The van der Waals surface area contributed by atoms with Gasteiger partial charge in [0.15, 0.2) is 12.6 Å². The van der Waals surface area contributed by atoms with Crippen LogP contribution >= 0.6 is 0 Å². The Hall–Kier alpha value is -0.420. The van der Waals surface area contributed by atoms with Crippen LogP contribution < -0.4 is 0 Å². The van der Waals surface area contributed by atoms with Crippen molar-refractivity contribution in [1.82, 2.24) is 0 Å². The van der Waals surface area contributed by atoms with Gasteiger partial charge in [-0.05, 0) is 32.1 Å². The summed E-state index contributed by atoms with van der Waals surface area (Å²) >= 11 is 0. The minimum absolute atomic E-state index is 0.0195. The zero-order valence-electron chi connectivity index (χ0n) is 14.9. The molecule has 0 N–H and O–H groups in total. The van der Waals surface area contributed by atoms with Gasteiger partial charge in [0.05, 0.1) is 26.4 Å². The molecule has 0 aromatic heterocycles.